The summed E-state index contributed by atoms with van der Waals surface area (Å²) in [6.07, 6.45) is 1.48. The number of ether oxygens (including phenoxy) is 2. The van der Waals surface area contributed by atoms with Crippen molar-refractivity contribution in [1.29, 1.82) is 0 Å². The highest BCUT2D eigenvalue weighted by molar-refractivity contribution is 6.33. The number of hydrogen-bond donors (Lipinski definition) is 2. The number of anilines is 1. The average molecular weight is 466 g/mol. The molecule has 0 spiro atoms. The first kappa shape index (κ1) is 23.8. The Bertz CT molecular complexity index is 1160. The summed E-state index contributed by atoms with van der Waals surface area (Å²) in [7, 11) is 0. The monoisotopic (exact) mass is 465 g/mol. The lowest BCUT2D eigenvalue weighted by Gasteiger charge is -2.12. The summed E-state index contributed by atoms with van der Waals surface area (Å²) in [5.74, 6) is -0.251. The van der Waals surface area contributed by atoms with Crippen LogP contribution in [-0.4, -0.2) is 31.2 Å². The zero-order valence-electron chi connectivity index (χ0n) is 18.3. The quantitative estimate of drug-likeness (QED) is 0.204. The number of rotatable bonds is 9. The molecule has 3 aromatic rings. The first-order valence-corrected chi connectivity index (χ1v) is 10.7. The summed E-state index contributed by atoms with van der Waals surface area (Å²) < 4.78 is 11.1. The van der Waals surface area contributed by atoms with Crippen molar-refractivity contribution in [3.05, 3.63) is 88.4 Å². The molecule has 0 atom stereocenters. The molecule has 0 aliphatic rings. The lowest BCUT2D eigenvalue weighted by molar-refractivity contribution is -0.119. The minimum absolute atomic E-state index is 0.0852. The SMILES string of the molecule is CCOc1cc(/C=N/NC(=O)CNc2cccc(C)c2)ccc1OC(=O)c1ccccc1Cl. The lowest BCUT2D eigenvalue weighted by atomic mass is 10.2. The van der Waals surface area contributed by atoms with Gasteiger partial charge in [-0.3, -0.25) is 4.79 Å². The van der Waals surface area contributed by atoms with E-state index in [1.807, 2.05) is 38.1 Å². The molecule has 1 amide bonds. The number of esters is 1. The van der Waals surface area contributed by atoms with Gasteiger partial charge in [0.1, 0.15) is 0 Å². The molecule has 0 unspecified atom stereocenters. The zero-order valence-corrected chi connectivity index (χ0v) is 19.1. The van der Waals surface area contributed by atoms with Crippen molar-refractivity contribution >= 4 is 35.4 Å². The van der Waals surface area contributed by atoms with Gasteiger partial charge in [-0.1, -0.05) is 35.9 Å². The van der Waals surface area contributed by atoms with Gasteiger partial charge in [0.15, 0.2) is 11.5 Å². The fourth-order valence-electron chi connectivity index (χ4n) is 2.89. The van der Waals surface area contributed by atoms with Crippen molar-refractivity contribution in [2.45, 2.75) is 13.8 Å². The second-order valence-electron chi connectivity index (χ2n) is 7.02. The second-order valence-corrected chi connectivity index (χ2v) is 7.43. The Balaban J connectivity index is 1.61. The van der Waals surface area contributed by atoms with E-state index >= 15 is 0 Å². The second kappa shape index (κ2) is 11.7. The van der Waals surface area contributed by atoms with Gasteiger partial charge in [0.05, 0.1) is 30.0 Å². The minimum Gasteiger partial charge on any atom is -0.490 e. The van der Waals surface area contributed by atoms with E-state index in [9.17, 15) is 9.59 Å². The van der Waals surface area contributed by atoms with Crippen LogP contribution in [0, 0.1) is 6.92 Å². The molecule has 2 N–H and O–H groups in total. The van der Waals surface area contributed by atoms with Crippen molar-refractivity contribution in [3.63, 3.8) is 0 Å². The van der Waals surface area contributed by atoms with Gasteiger partial charge >= 0.3 is 5.97 Å². The third kappa shape index (κ3) is 7.08. The van der Waals surface area contributed by atoms with Crippen LogP contribution in [0.1, 0.15) is 28.4 Å². The Kier molecular flexibility index (Phi) is 8.43. The Hall–Kier alpha value is -3.84. The summed E-state index contributed by atoms with van der Waals surface area (Å²) in [5, 5.41) is 7.32. The van der Waals surface area contributed by atoms with Gasteiger partial charge in [-0.2, -0.15) is 5.10 Å². The minimum atomic E-state index is -0.587. The fraction of sp³-hybridized carbons (Fsp3) is 0.160. The molecular weight excluding hydrogens is 442 g/mol. The Morgan fingerprint density at radius 2 is 1.85 bits per heavy atom. The number of carbonyl (C=O) groups is 2. The van der Waals surface area contributed by atoms with Crippen molar-refractivity contribution in [1.82, 2.24) is 5.43 Å². The van der Waals surface area contributed by atoms with Gasteiger partial charge in [-0.15, -0.1) is 0 Å². The number of hydrogen-bond acceptors (Lipinski definition) is 6. The molecule has 0 fully saturated rings. The number of nitrogens with zero attached hydrogens (tertiary/aromatic N) is 1. The van der Waals surface area contributed by atoms with Crippen LogP contribution in [-0.2, 0) is 4.79 Å². The molecule has 0 saturated heterocycles. The molecule has 3 rings (SSSR count). The van der Waals surface area contributed by atoms with Crippen molar-refractivity contribution in [2.75, 3.05) is 18.5 Å². The van der Waals surface area contributed by atoms with Gasteiger partial charge in [0.2, 0.25) is 0 Å². The van der Waals surface area contributed by atoms with Crippen molar-refractivity contribution in [2.24, 2.45) is 5.10 Å². The number of halogens is 1. The number of amides is 1. The molecule has 0 aromatic heterocycles. The third-order valence-electron chi connectivity index (χ3n) is 4.44. The Morgan fingerprint density at radius 3 is 2.61 bits per heavy atom. The molecule has 0 aliphatic heterocycles. The number of benzene rings is 3. The molecule has 0 bridgehead atoms. The third-order valence-corrected chi connectivity index (χ3v) is 4.77. The maximum Gasteiger partial charge on any atom is 0.345 e. The molecule has 0 saturated carbocycles. The van der Waals surface area contributed by atoms with Crippen LogP contribution in [0.15, 0.2) is 71.8 Å². The van der Waals surface area contributed by atoms with Crippen LogP contribution in [0.4, 0.5) is 5.69 Å². The number of carbonyl (C=O) groups excluding carboxylic acids is 2. The summed E-state index contributed by atoms with van der Waals surface area (Å²) in [4.78, 5) is 24.5. The molecule has 170 valence electrons. The summed E-state index contributed by atoms with van der Waals surface area (Å²) in [6.45, 7) is 4.26. The molecule has 0 aliphatic carbocycles. The largest absolute Gasteiger partial charge is 0.490 e. The van der Waals surface area contributed by atoms with E-state index in [0.717, 1.165) is 11.3 Å². The highest BCUT2D eigenvalue weighted by Crippen LogP contribution is 2.29. The highest BCUT2D eigenvalue weighted by atomic mass is 35.5. The normalized spacial score (nSPS) is 10.6. The van der Waals surface area contributed by atoms with Crippen molar-refractivity contribution < 1.29 is 19.1 Å². The molecule has 3 aromatic carbocycles. The topological polar surface area (TPSA) is 89.0 Å². The van der Waals surface area contributed by atoms with Gasteiger partial charge in [-0.05, 0) is 67.4 Å². The maximum absolute atomic E-state index is 12.5. The Labute approximate surface area is 197 Å². The van der Waals surface area contributed by atoms with E-state index in [1.54, 1.807) is 42.5 Å². The van der Waals surface area contributed by atoms with E-state index in [2.05, 4.69) is 15.8 Å². The highest BCUT2D eigenvalue weighted by Gasteiger charge is 2.15. The zero-order chi connectivity index (χ0) is 23.6. The van der Waals surface area contributed by atoms with Gasteiger partial charge in [0, 0.05) is 5.69 Å². The van der Waals surface area contributed by atoms with E-state index < -0.39 is 5.97 Å². The Morgan fingerprint density at radius 1 is 1.03 bits per heavy atom. The predicted octanol–water partition coefficient (Wildman–Crippen LogP) is 4.83. The lowest BCUT2D eigenvalue weighted by Crippen LogP contribution is -2.25. The smallest absolute Gasteiger partial charge is 0.345 e. The van der Waals surface area contributed by atoms with Gasteiger partial charge < -0.3 is 14.8 Å². The van der Waals surface area contributed by atoms with Crippen LogP contribution in [0.5, 0.6) is 11.5 Å². The van der Waals surface area contributed by atoms with Crippen LogP contribution in [0.25, 0.3) is 0 Å². The molecule has 0 radical (unpaired) electrons. The first-order chi connectivity index (χ1) is 16.0. The van der Waals surface area contributed by atoms with Crippen LogP contribution >= 0.6 is 11.6 Å². The number of aryl methyl sites for hydroxylation is 1. The molecular formula is C25H24ClN3O4. The van der Waals surface area contributed by atoms with Gasteiger partial charge in [-0.25, -0.2) is 10.2 Å². The summed E-state index contributed by atoms with van der Waals surface area (Å²) >= 11 is 6.07. The number of nitrogens with one attached hydrogen (secondary N) is 2. The van der Waals surface area contributed by atoms with E-state index in [-0.39, 0.29) is 23.8 Å². The molecule has 7 nitrogen and oxygen atoms in total. The maximum atomic E-state index is 12.5. The van der Waals surface area contributed by atoms with Crippen LogP contribution < -0.4 is 20.2 Å². The first-order valence-electron chi connectivity index (χ1n) is 10.3. The van der Waals surface area contributed by atoms with Gasteiger partial charge in [0.25, 0.3) is 5.91 Å². The average Bonchev–Trinajstić information content (AvgIpc) is 2.80. The fourth-order valence-corrected chi connectivity index (χ4v) is 3.11. The van der Waals surface area contributed by atoms with Crippen LogP contribution in [0.3, 0.4) is 0 Å². The molecule has 33 heavy (non-hydrogen) atoms. The molecule has 8 heteroatoms. The number of hydrazone groups is 1. The standard InChI is InChI=1S/C25H24ClN3O4/c1-3-32-23-14-18(11-12-22(23)33-25(31)20-9-4-5-10-21(20)26)15-28-29-24(30)16-27-19-8-6-7-17(2)13-19/h4-15,27H,3,16H2,1-2H3,(H,29,30)/b28-15+. The van der Waals surface area contributed by atoms with Crippen molar-refractivity contribution in [3.8, 4) is 11.5 Å². The van der Waals surface area contributed by atoms with E-state index in [1.165, 1.54) is 6.21 Å². The van der Waals surface area contributed by atoms with Crippen LogP contribution in [0.2, 0.25) is 5.02 Å². The predicted molar refractivity (Wildman–Crippen MR) is 129 cm³/mol. The van der Waals surface area contributed by atoms with E-state index in [4.69, 9.17) is 21.1 Å². The van der Waals surface area contributed by atoms with E-state index in [0.29, 0.717) is 22.9 Å². The summed E-state index contributed by atoms with van der Waals surface area (Å²) in [5.41, 5.74) is 5.34. The molecule has 0 heterocycles. The summed E-state index contributed by atoms with van der Waals surface area (Å²) in [6, 6.07) is 19.3.